The second-order valence-electron chi connectivity index (χ2n) is 0.469. The van der Waals surface area contributed by atoms with Crippen molar-refractivity contribution in [1.82, 2.24) is 6.15 Å². The van der Waals surface area contributed by atoms with Crippen molar-refractivity contribution >= 4 is 25.2 Å². The van der Waals surface area contributed by atoms with E-state index in [2.05, 4.69) is 0 Å². The zero-order valence-electron chi connectivity index (χ0n) is 3.78. The monoisotopic (exact) mass is 159 g/mol. The van der Waals surface area contributed by atoms with E-state index >= 15 is 0 Å². The number of hydrogen-bond acceptors (Lipinski definition) is 4. The Labute approximate surface area is 56.0 Å². The van der Waals surface area contributed by atoms with E-state index in [-0.39, 0.29) is 28.2 Å². The summed E-state index contributed by atoms with van der Waals surface area (Å²) in [5.74, 6) is 0. The van der Waals surface area contributed by atoms with Gasteiger partial charge >= 0.3 is 17.4 Å². The van der Waals surface area contributed by atoms with Gasteiger partial charge in [-0.3, -0.25) is 0 Å². The molecule has 0 aromatic heterocycles. The van der Waals surface area contributed by atoms with Crippen LogP contribution < -0.4 is 20.6 Å². The predicted molar refractivity (Wildman–Crippen MR) is 20.6 cm³/mol. The van der Waals surface area contributed by atoms with Crippen LogP contribution in [0.4, 0.5) is 0 Å². The Morgan fingerprint density at radius 3 is 1.38 bits per heavy atom. The molecule has 0 fully saturated rings. The van der Waals surface area contributed by atoms with Gasteiger partial charge in [0.15, 0.2) is 0 Å². The summed E-state index contributed by atoms with van der Waals surface area (Å²) < 4.78 is 8.66. The van der Waals surface area contributed by atoms with Gasteiger partial charge in [-0.15, -0.1) is 0 Å². The van der Waals surface area contributed by atoms with Crippen LogP contribution in [0, 0.1) is 0 Å². The van der Waals surface area contributed by atoms with Crippen LogP contribution >= 0.6 is 7.82 Å². The van der Waals surface area contributed by atoms with Crippen LogP contribution in [0.1, 0.15) is 0 Å². The second kappa shape index (κ2) is 7.53. The van der Waals surface area contributed by atoms with Crippen molar-refractivity contribution in [1.29, 1.82) is 0 Å². The van der Waals surface area contributed by atoms with Gasteiger partial charge in [-0.25, -0.2) is 0 Å². The molecule has 0 aromatic carbocycles. The summed E-state index contributed by atoms with van der Waals surface area (Å²) in [5.41, 5.74) is 0. The van der Waals surface area contributed by atoms with Crippen LogP contribution in [0.5, 0.6) is 0 Å². The SMILES string of the molecule is N.O=P([O-])([O-])O.[Al+3].[F-]. The molecule has 8 heteroatoms. The summed E-state index contributed by atoms with van der Waals surface area (Å²) in [6, 6.07) is 0. The van der Waals surface area contributed by atoms with Gasteiger partial charge < -0.3 is 30.1 Å². The van der Waals surface area contributed by atoms with Crippen molar-refractivity contribution in [3.05, 3.63) is 0 Å². The number of halogens is 1. The summed E-state index contributed by atoms with van der Waals surface area (Å²) in [7, 11) is -5.14. The molecule has 8 heavy (non-hydrogen) atoms. The van der Waals surface area contributed by atoms with Crippen molar-refractivity contribution < 1.29 is 23.9 Å². The zero-order chi connectivity index (χ0) is 4.50. The van der Waals surface area contributed by atoms with E-state index in [9.17, 15) is 0 Å². The maximum atomic E-state index is 8.66. The van der Waals surface area contributed by atoms with Crippen LogP contribution in [-0.4, -0.2) is 22.3 Å². The van der Waals surface area contributed by atoms with E-state index in [0.29, 0.717) is 0 Å². The van der Waals surface area contributed by atoms with Crippen molar-refractivity contribution in [2.24, 2.45) is 0 Å². The summed E-state index contributed by atoms with van der Waals surface area (Å²) in [5, 5.41) is 0. The average Bonchev–Trinajstić information content (AvgIpc) is 0.722. The molecule has 0 radical (unpaired) electrons. The quantitative estimate of drug-likeness (QED) is 0.270. The molecule has 0 unspecified atom stereocenters. The first-order valence-electron chi connectivity index (χ1n) is 0.748. The molecular weight excluding hydrogens is 155 g/mol. The normalized spacial score (nSPS) is 7.38. The van der Waals surface area contributed by atoms with Crippen molar-refractivity contribution in [3.8, 4) is 0 Å². The van der Waals surface area contributed by atoms with Crippen LogP contribution in [0.15, 0.2) is 0 Å². The van der Waals surface area contributed by atoms with Gasteiger partial charge in [-0.2, -0.15) is 0 Å². The van der Waals surface area contributed by atoms with Gasteiger partial charge in [0.1, 0.15) is 0 Å². The summed E-state index contributed by atoms with van der Waals surface area (Å²) in [6.45, 7) is 0. The maximum absolute atomic E-state index is 8.66. The van der Waals surface area contributed by atoms with Gasteiger partial charge in [0.2, 0.25) is 0 Å². The molecule has 4 N–H and O–H groups in total. The molecule has 0 aliphatic rings. The van der Waals surface area contributed by atoms with Crippen LogP contribution in [0.25, 0.3) is 0 Å². The standard InChI is InChI=1S/Al.FH.H3N.H3O4P/c;;;1-5(2,3)4/h;1H;1H3;(H3,1,2,3,4)/q+3;;;/p-3. The van der Waals surface area contributed by atoms with Crippen molar-refractivity contribution in [2.45, 2.75) is 0 Å². The number of hydrogen-bond donors (Lipinski definition) is 2. The van der Waals surface area contributed by atoms with Crippen molar-refractivity contribution in [3.63, 3.8) is 0 Å². The van der Waals surface area contributed by atoms with Gasteiger partial charge in [-0.1, -0.05) is 0 Å². The van der Waals surface area contributed by atoms with E-state index in [1.54, 1.807) is 0 Å². The Morgan fingerprint density at radius 1 is 1.38 bits per heavy atom. The molecule has 0 atom stereocenters. The molecule has 48 valence electrons. The molecule has 0 aliphatic heterocycles. The minimum atomic E-state index is -5.14. The van der Waals surface area contributed by atoms with Crippen LogP contribution in [-0.2, 0) is 4.57 Å². The van der Waals surface area contributed by atoms with E-state index in [1.807, 2.05) is 0 Å². The Kier molecular flexibility index (Phi) is 22.2. The minimum Gasteiger partial charge on any atom is -1.00 e. The van der Waals surface area contributed by atoms with E-state index in [0.717, 1.165) is 0 Å². The van der Waals surface area contributed by atoms with Gasteiger partial charge in [0.05, 0.1) is 7.82 Å². The fourth-order valence-corrected chi connectivity index (χ4v) is 0. The molecule has 0 saturated carbocycles. The molecule has 5 nitrogen and oxygen atoms in total. The number of rotatable bonds is 0. The smallest absolute Gasteiger partial charge is 1.00 e. The Balaban J connectivity index is -0.0000000267. The molecular formula is H4AlFNO4P. The first-order valence-corrected chi connectivity index (χ1v) is 2.24. The van der Waals surface area contributed by atoms with E-state index in [4.69, 9.17) is 19.2 Å². The number of phosphoric acid groups is 1. The summed E-state index contributed by atoms with van der Waals surface area (Å²) in [6.07, 6.45) is 0. The fraction of sp³-hybridized carbons (Fsp3) is 0. The van der Waals surface area contributed by atoms with E-state index < -0.39 is 7.82 Å². The first kappa shape index (κ1) is 23.6. The third-order valence-corrected chi connectivity index (χ3v) is 0. The molecule has 0 aliphatic carbocycles. The molecule has 0 aromatic rings. The first-order chi connectivity index (χ1) is 2.00. The average molecular weight is 159 g/mol. The fourth-order valence-electron chi connectivity index (χ4n) is 0. The van der Waals surface area contributed by atoms with Gasteiger partial charge in [-0.05, 0) is 0 Å². The largest absolute Gasteiger partial charge is 3.00 e. The predicted octanol–water partition coefficient (Wildman–Crippen LogP) is -5.41. The van der Waals surface area contributed by atoms with E-state index in [1.165, 1.54) is 0 Å². The van der Waals surface area contributed by atoms with Crippen LogP contribution in [0.2, 0.25) is 0 Å². The molecule has 0 bridgehead atoms. The Morgan fingerprint density at radius 2 is 1.38 bits per heavy atom. The molecule has 0 heterocycles. The molecule has 0 amide bonds. The third kappa shape index (κ3) is 705. The zero-order valence-corrected chi connectivity index (χ0v) is 5.83. The summed E-state index contributed by atoms with van der Waals surface area (Å²) >= 11 is 0. The molecule has 0 spiro atoms. The second-order valence-corrected chi connectivity index (χ2v) is 1.41. The maximum Gasteiger partial charge on any atom is 3.00 e. The van der Waals surface area contributed by atoms with Gasteiger partial charge in [0.25, 0.3) is 0 Å². The Bertz CT molecular complexity index is 62.2. The topological polar surface area (TPSA) is 118 Å². The molecule has 0 saturated heterocycles. The van der Waals surface area contributed by atoms with Gasteiger partial charge in [0, 0.05) is 0 Å². The summed E-state index contributed by atoms with van der Waals surface area (Å²) in [4.78, 5) is 24.3. The van der Waals surface area contributed by atoms with Crippen molar-refractivity contribution in [2.75, 3.05) is 0 Å². The Hall–Kier alpha value is 0.532. The van der Waals surface area contributed by atoms with Crippen LogP contribution in [0.3, 0.4) is 0 Å². The minimum absolute atomic E-state index is 0. The molecule has 0 rings (SSSR count). The third-order valence-electron chi connectivity index (χ3n) is 0.